The monoisotopic (exact) mass is 188 g/mol. The van der Waals surface area contributed by atoms with Crippen LogP contribution in [0, 0.1) is 0 Å². The van der Waals surface area contributed by atoms with Gasteiger partial charge in [0.2, 0.25) is 0 Å². The van der Waals surface area contributed by atoms with E-state index in [1.807, 2.05) is 0 Å². The van der Waals surface area contributed by atoms with E-state index in [-0.39, 0.29) is 22.4 Å². The van der Waals surface area contributed by atoms with Crippen LogP contribution in [0.2, 0.25) is 0 Å². The van der Waals surface area contributed by atoms with Gasteiger partial charge < -0.3 is 0 Å². The minimum Gasteiger partial charge on any atom is -0.225 e. The summed E-state index contributed by atoms with van der Waals surface area (Å²) in [6, 6.07) is 0. The summed E-state index contributed by atoms with van der Waals surface area (Å²) in [5, 5.41) is 0. The van der Waals surface area contributed by atoms with Crippen LogP contribution in [0.15, 0.2) is 19.0 Å². The van der Waals surface area contributed by atoms with Crippen LogP contribution < -0.4 is 0 Å². The molecule has 0 fully saturated rings. The Bertz CT molecular complexity index is 82.1. The Hall–Kier alpha value is -0.250. The van der Waals surface area contributed by atoms with E-state index in [0.29, 0.717) is 0 Å². The third-order valence-electron chi connectivity index (χ3n) is 0.400. The number of nitrogens with zero attached hydrogens (tertiary/aromatic N) is 3. The van der Waals surface area contributed by atoms with Gasteiger partial charge in [0, 0.05) is 22.4 Å². The Kier molecular flexibility index (Phi) is 3.78. The Labute approximate surface area is 56.7 Å². The van der Waals surface area contributed by atoms with E-state index >= 15 is 0 Å². The fourth-order valence-electron chi connectivity index (χ4n) is 0.205. The summed E-state index contributed by atoms with van der Waals surface area (Å²) < 4.78 is 0. The van der Waals surface area contributed by atoms with Crippen LogP contribution in [0.5, 0.6) is 0 Å². The van der Waals surface area contributed by atoms with Gasteiger partial charge >= 0.3 is 0 Å². The van der Waals surface area contributed by atoms with E-state index in [1.54, 1.807) is 0 Å². The van der Waals surface area contributed by atoms with E-state index in [1.165, 1.54) is 19.0 Å². The summed E-state index contributed by atoms with van der Waals surface area (Å²) in [4.78, 5) is 10.7. The first-order valence-corrected chi connectivity index (χ1v) is 1.55. The molecule has 0 unspecified atom stereocenters. The summed E-state index contributed by atoms with van der Waals surface area (Å²) in [5.74, 6) is 0. The van der Waals surface area contributed by atoms with Gasteiger partial charge in [-0.1, -0.05) is 0 Å². The van der Waals surface area contributed by atoms with Gasteiger partial charge in [-0.3, -0.25) is 0 Å². The van der Waals surface area contributed by atoms with Crippen molar-refractivity contribution in [3.63, 3.8) is 0 Å². The minimum absolute atomic E-state index is 0. The van der Waals surface area contributed by atoms with Crippen molar-refractivity contribution in [3.05, 3.63) is 19.0 Å². The third kappa shape index (κ3) is 2.45. The second kappa shape index (κ2) is 3.92. The maximum Gasteiger partial charge on any atom is 0.119 e. The summed E-state index contributed by atoms with van der Waals surface area (Å²) in [5.41, 5.74) is 0. The van der Waals surface area contributed by atoms with Gasteiger partial charge in [-0.25, -0.2) is 15.0 Å². The van der Waals surface area contributed by atoms with Crippen molar-refractivity contribution < 1.29 is 22.4 Å². The van der Waals surface area contributed by atoms with E-state index in [4.69, 9.17) is 0 Å². The van der Waals surface area contributed by atoms with Crippen LogP contribution in [-0.4, -0.2) is 15.0 Å². The van der Waals surface area contributed by atoms with Crippen LogP contribution in [0.4, 0.5) is 0 Å². The molecule has 4 heteroatoms. The molecule has 41 valence electrons. The van der Waals surface area contributed by atoms with E-state index in [2.05, 4.69) is 15.0 Å². The zero-order valence-corrected chi connectivity index (χ0v) is 4.86. The van der Waals surface area contributed by atoms with Gasteiger partial charge in [0.15, 0.2) is 0 Å². The van der Waals surface area contributed by atoms with Crippen LogP contribution in [0.3, 0.4) is 0 Å². The zero-order valence-electron chi connectivity index (χ0n) is 3.38. The number of hydrogen-bond acceptors (Lipinski definition) is 3. The quantitative estimate of drug-likeness (QED) is 0.533. The predicted octanol–water partition coefficient (Wildman–Crippen LogP) is -0.131. The molecular formula is C3H3AgN3. The summed E-state index contributed by atoms with van der Waals surface area (Å²) in [7, 11) is 0. The second-order valence-electron chi connectivity index (χ2n) is 0.794. The molecule has 0 atom stereocenters. The fourth-order valence-corrected chi connectivity index (χ4v) is 0.205. The molecule has 7 heavy (non-hydrogen) atoms. The van der Waals surface area contributed by atoms with Gasteiger partial charge in [-0.05, 0) is 0 Å². The van der Waals surface area contributed by atoms with Crippen molar-refractivity contribution in [2.45, 2.75) is 0 Å². The zero-order chi connectivity index (χ0) is 4.24. The van der Waals surface area contributed by atoms with Crippen LogP contribution in [-0.2, 0) is 22.4 Å². The number of hydrogen-bond donors (Lipinski definition) is 0. The van der Waals surface area contributed by atoms with Crippen molar-refractivity contribution in [1.82, 2.24) is 15.0 Å². The standard InChI is InChI=1S/C3H3N3.Ag/c1-4-2-6-3-5-1;/h1-3H;. The summed E-state index contributed by atoms with van der Waals surface area (Å²) in [6.07, 6.45) is 4.31. The fraction of sp³-hybridized carbons (Fsp3) is 0. The molecule has 0 aliphatic carbocycles. The molecule has 0 N–H and O–H groups in total. The van der Waals surface area contributed by atoms with Gasteiger partial charge in [-0.15, -0.1) is 0 Å². The van der Waals surface area contributed by atoms with Crippen molar-refractivity contribution in [2.24, 2.45) is 0 Å². The van der Waals surface area contributed by atoms with Crippen molar-refractivity contribution >= 4 is 0 Å². The molecule has 0 saturated heterocycles. The molecule has 0 spiro atoms. The second-order valence-corrected chi connectivity index (χ2v) is 0.794. The maximum absolute atomic E-state index is 3.56. The maximum atomic E-state index is 3.56. The predicted molar refractivity (Wildman–Crippen MR) is 19.8 cm³/mol. The third-order valence-corrected chi connectivity index (χ3v) is 0.400. The summed E-state index contributed by atoms with van der Waals surface area (Å²) in [6.45, 7) is 0. The first kappa shape index (κ1) is 6.75. The molecule has 1 radical (unpaired) electrons. The van der Waals surface area contributed by atoms with Crippen molar-refractivity contribution in [3.8, 4) is 0 Å². The van der Waals surface area contributed by atoms with Gasteiger partial charge in [-0.2, -0.15) is 0 Å². The largest absolute Gasteiger partial charge is 0.225 e. The molecule has 0 saturated carbocycles. The molecule has 0 amide bonds. The van der Waals surface area contributed by atoms with E-state index in [0.717, 1.165) is 0 Å². The first-order valence-electron chi connectivity index (χ1n) is 1.55. The van der Waals surface area contributed by atoms with Crippen molar-refractivity contribution in [1.29, 1.82) is 0 Å². The molecular weight excluding hydrogens is 186 g/mol. The van der Waals surface area contributed by atoms with Gasteiger partial charge in [0.1, 0.15) is 19.0 Å². The molecule has 0 aliphatic heterocycles. The normalized spacial score (nSPS) is 6.86. The molecule has 1 aromatic heterocycles. The SMILES string of the molecule is [Ag].c1ncncn1. The number of rotatable bonds is 0. The molecule has 1 rings (SSSR count). The van der Waals surface area contributed by atoms with Gasteiger partial charge in [0.25, 0.3) is 0 Å². The average Bonchev–Trinajstić information content (AvgIpc) is 1.72. The smallest absolute Gasteiger partial charge is 0.119 e. The Morgan fingerprint density at radius 2 is 1.00 bits per heavy atom. The molecule has 0 bridgehead atoms. The molecule has 0 aliphatic rings. The van der Waals surface area contributed by atoms with E-state index in [9.17, 15) is 0 Å². The molecule has 0 aromatic carbocycles. The first-order chi connectivity index (χ1) is 3.00. The minimum atomic E-state index is 0. The molecule has 1 aromatic rings. The van der Waals surface area contributed by atoms with Crippen LogP contribution in [0.1, 0.15) is 0 Å². The molecule has 3 nitrogen and oxygen atoms in total. The van der Waals surface area contributed by atoms with Crippen molar-refractivity contribution in [2.75, 3.05) is 0 Å². The summed E-state index contributed by atoms with van der Waals surface area (Å²) >= 11 is 0. The Morgan fingerprint density at radius 3 is 1.14 bits per heavy atom. The Balaban J connectivity index is 0.000000360. The topological polar surface area (TPSA) is 38.7 Å². The van der Waals surface area contributed by atoms with Crippen LogP contribution >= 0.6 is 0 Å². The molecule has 1 heterocycles. The van der Waals surface area contributed by atoms with E-state index < -0.39 is 0 Å². The number of aromatic nitrogens is 3. The van der Waals surface area contributed by atoms with Gasteiger partial charge in [0.05, 0.1) is 0 Å². The Morgan fingerprint density at radius 1 is 0.714 bits per heavy atom. The van der Waals surface area contributed by atoms with Crippen LogP contribution in [0.25, 0.3) is 0 Å². The average molecular weight is 189 g/mol.